The fraction of sp³-hybridized carbons (Fsp3) is 0.727. The van der Waals surface area contributed by atoms with Gasteiger partial charge >= 0.3 is 0 Å². The highest BCUT2D eigenvalue weighted by Gasteiger charge is 2.07. The Morgan fingerprint density at radius 3 is 2.33 bits per heavy atom. The zero-order valence-corrected chi connectivity index (χ0v) is 12.1. The summed E-state index contributed by atoms with van der Waals surface area (Å²) in [4.78, 5) is 14.4. The van der Waals surface area contributed by atoms with Crippen molar-refractivity contribution in [1.82, 2.24) is 19.9 Å². The molecule has 2 N–H and O–H groups in total. The third kappa shape index (κ3) is 5.01. The van der Waals surface area contributed by atoms with Crippen molar-refractivity contribution >= 4 is 23.5 Å². The van der Waals surface area contributed by atoms with E-state index in [1.807, 2.05) is 14.1 Å². The molecule has 0 aliphatic heterocycles. The number of rotatable bonds is 7. The largest absolute Gasteiger partial charge is 0.354 e. The minimum absolute atomic E-state index is 0.198. The van der Waals surface area contributed by atoms with Gasteiger partial charge in [-0.1, -0.05) is 6.92 Å². The molecule has 0 radical (unpaired) electrons. The van der Waals surface area contributed by atoms with E-state index in [4.69, 9.17) is 11.6 Å². The Balaban J connectivity index is 2.62. The summed E-state index contributed by atoms with van der Waals surface area (Å²) in [5, 5.41) is 6.44. The summed E-state index contributed by atoms with van der Waals surface area (Å²) in [5.74, 6) is 1.01. The van der Waals surface area contributed by atoms with Gasteiger partial charge in [-0.05, 0) is 39.0 Å². The molecule has 0 aliphatic carbocycles. The van der Waals surface area contributed by atoms with Crippen LogP contribution < -0.4 is 10.6 Å². The molecule has 7 heteroatoms. The molecule has 1 heterocycles. The smallest absolute Gasteiger partial charge is 0.228 e. The maximum atomic E-state index is 5.85. The Hall–Kier alpha value is -1.14. The van der Waals surface area contributed by atoms with Gasteiger partial charge < -0.3 is 15.5 Å². The number of aromatic nitrogens is 3. The first-order valence-corrected chi connectivity index (χ1v) is 6.46. The lowest BCUT2D eigenvalue weighted by Gasteiger charge is -2.19. The maximum Gasteiger partial charge on any atom is 0.228 e. The molecule has 1 rings (SSSR count). The van der Waals surface area contributed by atoms with Gasteiger partial charge in [0.05, 0.1) is 0 Å². The van der Waals surface area contributed by atoms with Gasteiger partial charge in [0.2, 0.25) is 17.2 Å². The Kier molecular flexibility index (Phi) is 6.07. The minimum Gasteiger partial charge on any atom is -0.354 e. The van der Waals surface area contributed by atoms with Crippen LogP contribution in [0.1, 0.15) is 20.3 Å². The van der Waals surface area contributed by atoms with Crippen LogP contribution in [0, 0.1) is 0 Å². The highest BCUT2D eigenvalue weighted by molar-refractivity contribution is 6.28. The molecule has 1 atom stereocenters. The lowest BCUT2D eigenvalue weighted by molar-refractivity contribution is 0.325. The Morgan fingerprint density at radius 1 is 1.17 bits per heavy atom. The first-order chi connectivity index (χ1) is 8.52. The number of hydrogen-bond donors (Lipinski definition) is 2. The monoisotopic (exact) mass is 272 g/mol. The van der Waals surface area contributed by atoms with Gasteiger partial charge in [-0.3, -0.25) is 0 Å². The van der Waals surface area contributed by atoms with E-state index in [1.165, 1.54) is 0 Å². The first-order valence-electron chi connectivity index (χ1n) is 6.08. The molecule has 1 unspecified atom stereocenters. The quantitative estimate of drug-likeness (QED) is 0.788. The van der Waals surface area contributed by atoms with Crippen molar-refractivity contribution in [1.29, 1.82) is 0 Å². The highest BCUT2D eigenvalue weighted by atomic mass is 35.5. The Morgan fingerprint density at radius 2 is 1.78 bits per heavy atom. The molecule has 0 aliphatic rings. The van der Waals surface area contributed by atoms with Crippen molar-refractivity contribution in [2.45, 2.75) is 26.3 Å². The number of nitrogens with zero attached hydrogens (tertiary/aromatic N) is 4. The van der Waals surface area contributed by atoms with Crippen LogP contribution in [0.4, 0.5) is 11.9 Å². The van der Waals surface area contributed by atoms with Crippen molar-refractivity contribution < 1.29 is 0 Å². The van der Waals surface area contributed by atoms with Crippen LogP contribution in [0.3, 0.4) is 0 Å². The van der Waals surface area contributed by atoms with Crippen LogP contribution in [-0.2, 0) is 0 Å². The lowest BCUT2D eigenvalue weighted by atomic mass is 10.3. The summed E-state index contributed by atoms with van der Waals surface area (Å²) in [5.41, 5.74) is 0. The van der Waals surface area contributed by atoms with Crippen LogP contribution in [0.2, 0.25) is 5.28 Å². The average Bonchev–Trinajstić information content (AvgIpc) is 2.32. The topological polar surface area (TPSA) is 66.0 Å². The van der Waals surface area contributed by atoms with E-state index in [0.29, 0.717) is 17.9 Å². The van der Waals surface area contributed by atoms with Crippen molar-refractivity contribution in [3.8, 4) is 0 Å². The molecule has 6 nitrogen and oxygen atoms in total. The normalized spacial score (nSPS) is 12.6. The van der Waals surface area contributed by atoms with E-state index in [0.717, 1.165) is 19.5 Å². The van der Waals surface area contributed by atoms with Gasteiger partial charge in [0.15, 0.2) is 0 Å². The van der Waals surface area contributed by atoms with Crippen LogP contribution in [0.5, 0.6) is 0 Å². The summed E-state index contributed by atoms with van der Waals surface area (Å²) < 4.78 is 0. The molecule has 102 valence electrons. The standard InChI is InChI=1S/C11H21ClN6/c1-5-6-13-10-15-9(12)16-11(17-10)14-7-8(2)18(3)4/h8H,5-7H2,1-4H3,(H2,13,14,15,16,17). The number of halogens is 1. The SMILES string of the molecule is CCCNc1nc(Cl)nc(NCC(C)N(C)C)n1. The highest BCUT2D eigenvalue weighted by Crippen LogP contribution is 2.09. The Labute approximate surface area is 113 Å². The van der Waals surface area contributed by atoms with E-state index in [9.17, 15) is 0 Å². The second kappa shape index (κ2) is 7.33. The fourth-order valence-corrected chi connectivity index (χ4v) is 1.33. The second-order valence-electron chi connectivity index (χ2n) is 4.37. The third-order valence-electron chi connectivity index (χ3n) is 2.58. The molecule has 1 aromatic rings. The van der Waals surface area contributed by atoms with E-state index in [2.05, 4.69) is 44.3 Å². The van der Waals surface area contributed by atoms with E-state index in [1.54, 1.807) is 0 Å². The van der Waals surface area contributed by atoms with E-state index < -0.39 is 0 Å². The average molecular weight is 273 g/mol. The van der Waals surface area contributed by atoms with Gasteiger partial charge in [0.25, 0.3) is 0 Å². The van der Waals surface area contributed by atoms with Crippen molar-refractivity contribution in [3.63, 3.8) is 0 Å². The predicted octanol–water partition coefficient (Wildman–Crippen LogP) is 1.71. The van der Waals surface area contributed by atoms with Crippen molar-refractivity contribution in [3.05, 3.63) is 5.28 Å². The van der Waals surface area contributed by atoms with Gasteiger partial charge in [0.1, 0.15) is 0 Å². The lowest BCUT2D eigenvalue weighted by Crippen LogP contribution is -2.32. The second-order valence-corrected chi connectivity index (χ2v) is 4.71. The number of hydrogen-bond acceptors (Lipinski definition) is 6. The fourth-order valence-electron chi connectivity index (χ4n) is 1.17. The molecule has 18 heavy (non-hydrogen) atoms. The van der Waals surface area contributed by atoms with Gasteiger partial charge in [-0.2, -0.15) is 15.0 Å². The molecular weight excluding hydrogens is 252 g/mol. The zero-order valence-electron chi connectivity index (χ0n) is 11.4. The van der Waals surface area contributed by atoms with Crippen LogP contribution in [-0.4, -0.2) is 53.1 Å². The molecule has 0 amide bonds. The van der Waals surface area contributed by atoms with Crippen LogP contribution in [0.25, 0.3) is 0 Å². The summed E-state index contributed by atoms with van der Waals surface area (Å²) in [7, 11) is 4.06. The summed E-state index contributed by atoms with van der Waals surface area (Å²) in [6.45, 7) is 5.76. The zero-order chi connectivity index (χ0) is 13.5. The molecule has 0 bridgehead atoms. The Bertz CT molecular complexity index is 371. The molecule has 0 saturated heterocycles. The van der Waals surface area contributed by atoms with Crippen LogP contribution in [0.15, 0.2) is 0 Å². The number of likely N-dealkylation sites (N-methyl/N-ethyl adjacent to an activating group) is 1. The predicted molar refractivity (Wildman–Crippen MR) is 75.3 cm³/mol. The van der Waals surface area contributed by atoms with Gasteiger partial charge in [0, 0.05) is 19.1 Å². The minimum atomic E-state index is 0.198. The molecule has 0 spiro atoms. The summed E-state index contributed by atoms with van der Waals surface area (Å²) in [6, 6.07) is 0.382. The van der Waals surface area contributed by atoms with Gasteiger partial charge in [-0.25, -0.2) is 0 Å². The maximum absolute atomic E-state index is 5.85. The first kappa shape index (κ1) is 14.9. The van der Waals surface area contributed by atoms with Crippen LogP contribution >= 0.6 is 11.6 Å². The molecular formula is C11H21ClN6. The van der Waals surface area contributed by atoms with E-state index in [-0.39, 0.29) is 5.28 Å². The third-order valence-corrected chi connectivity index (χ3v) is 2.75. The van der Waals surface area contributed by atoms with Gasteiger partial charge in [-0.15, -0.1) is 0 Å². The van der Waals surface area contributed by atoms with Crippen molar-refractivity contribution in [2.75, 3.05) is 37.8 Å². The number of anilines is 2. The van der Waals surface area contributed by atoms with Crippen molar-refractivity contribution in [2.24, 2.45) is 0 Å². The number of nitrogens with one attached hydrogen (secondary N) is 2. The molecule has 0 saturated carbocycles. The van der Waals surface area contributed by atoms with E-state index >= 15 is 0 Å². The molecule has 0 fully saturated rings. The summed E-state index contributed by atoms with van der Waals surface area (Å²) in [6.07, 6.45) is 1.00. The molecule has 1 aromatic heterocycles. The summed E-state index contributed by atoms with van der Waals surface area (Å²) >= 11 is 5.85. The molecule has 0 aromatic carbocycles.